The van der Waals surface area contributed by atoms with E-state index >= 15 is 0 Å². The Balaban J connectivity index is 1.95. The van der Waals surface area contributed by atoms with Crippen molar-refractivity contribution in [3.63, 3.8) is 0 Å². The minimum absolute atomic E-state index is 0.0644. The number of hydrogen-bond donors (Lipinski definition) is 3. The van der Waals surface area contributed by atoms with Gasteiger partial charge in [0.05, 0.1) is 25.3 Å². The Morgan fingerprint density at radius 3 is 2.53 bits per heavy atom. The molecule has 32 heavy (non-hydrogen) atoms. The van der Waals surface area contributed by atoms with Gasteiger partial charge in [-0.3, -0.25) is 23.8 Å². The van der Waals surface area contributed by atoms with Crippen LogP contribution in [0.4, 0.5) is 11.5 Å². The van der Waals surface area contributed by atoms with Crippen molar-refractivity contribution < 1.29 is 9.53 Å². The largest absolute Gasteiger partial charge is 0.383 e. The monoisotopic (exact) mass is 440 g/mol. The Morgan fingerprint density at radius 1 is 1.19 bits per heavy atom. The summed E-state index contributed by atoms with van der Waals surface area (Å²) in [5.74, 6) is -0.251. The van der Waals surface area contributed by atoms with Crippen molar-refractivity contribution in [1.82, 2.24) is 19.3 Å². The summed E-state index contributed by atoms with van der Waals surface area (Å²) in [5, 5.41) is 10.2. The van der Waals surface area contributed by atoms with E-state index in [0.29, 0.717) is 6.54 Å². The van der Waals surface area contributed by atoms with E-state index in [1.165, 1.54) is 11.7 Å². The highest BCUT2D eigenvalue weighted by atomic mass is 16.5. The number of amides is 1. The molecular formula is C22H28N6O4. The molecule has 0 atom stereocenters. The van der Waals surface area contributed by atoms with Crippen LogP contribution in [0.3, 0.4) is 0 Å². The number of methoxy groups -OCH3 is 1. The van der Waals surface area contributed by atoms with E-state index in [1.807, 2.05) is 51.2 Å². The quantitative estimate of drug-likeness (QED) is 0.461. The van der Waals surface area contributed by atoms with Crippen molar-refractivity contribution in [2.75, 3.05) is 24.4 Å². The van der Waals surface area contributed by atoms with Gasteiger partial charge in [0.15, 0.2) is 0 Å². The van der Waals surface area contributed by atoms with E-state index in [-0.39, 0.29) is 37.0 Å². The average molecular weight is 441 g/mol. The Labute approximate surface area is 185 Å². The van der Waals surface area contributed by atoms with Crippen molar-refractivity contribution in [1.29, 1.82) is 0 Å². The number of benzene rings is 1. The summed E-state index contributed by atoms with van der Waals surface area (Å²) in [7, 11) is 3.33. The fourth-order valence-electron chi connectivity index (χ4n) is 3.46. The first-order valence-corrected chi connectivity index (χ1v) is 10.2. The summed E-state index contributed by atoms with van der Waals surface area (Å²) in [6.45, 7) is 4.46. The molecule has 0 aliphatic heterocycles. The van der Waals surface area contributed by atoms with Crippen LogP contribution in [-0.4, -0.2) is 39.0 Å². The smallest absolute Gasteiger partial charge is 0.330 e. The van der Waals surface area contributed by atoms with E-state index in [2.05, 4.69) is 20.7 Å². The van der Waals surface area contributed by atoms with Gasteiger partial charge in [0.25, 0.3) is 5.56 Å². The first-order valence-electron chi connectivity index (χ1n) is 10.2. The average Bonchev–Trinajstić information content (AvgIpc) is 2.99. The molecule has 10 heteroatoms. The first-order chi connectivity index (χ1) is 15.3. The van der Waals surface area contributed by atoms with Crippen LogP contribution in [0, 0.1) is 13.8 Å². The van der Waals surface area contributed by atoms with Crippen molar-refractivity contribution in [3.05, 3.63) is 73.7 Å². The van der Waals surface area contributed by atoms with Crippen LogP contribution in [0.15, 0.2) is 39.9 Å². The van der Waals surface area contributed by atoms with Crippen LogP contribution >= 0.6 is 0 Å². The summed E-state index contributed by atoms with van der Waals surface area (Å²) in [6.07, 6.45) is 0.0644. The van der Waals surface area contributed by atoms with Crippen molar-refractivity contribution in [2.24, 2.45) is 7.05 Å². The Hall–Kier alpha value is -3.66. The maximum atomic E-state index is 12.9. The number of aromatic nitrogens is 4. The maximum Gasteiger partial charge on any atom is 0.330 e. The lowest BCUT2D eigenvalue weighted by atomic mass is 10.1. The molecule has 3 aromatic rings. The highest BCUT2D eigenvalue weighted by Gasteiger charge is 2.19. The molecule has 1 aromatic carbocycles. The number of carbonyl (C=O) groups excluding carboxylic acids is 1. The number of hydrogen-bond acceptors (Lipinski definition) is 6. The molecule has 0 fully saturated rings. The number of rotatable bonds is 9. The summed E-state index contributed by atoms with van der Waals surface area (Å²) < 4.78 is 8.10. The van der Waals surface area contributed by atoms with Gasteiger partial charge >= 0.3 is 5.69 Å². The highest BCUT2D eigenvalue weighted by Crippen LogP contribution is 2.18. The molecule has 3 rings (SSSR count). The number of nitrogens with zero attached hydrogens (tertiary/aromatic N) is 3. The third-order valence-electron chi connectivity index (χ3n) is 5.28. The second-order valence-corrected chi connectivity index (χ2v) is 7.46. The lowest BCUT2D eigenvalue weighted by Crippen LogP contribution is -2.36. The second kappa shape index (κ2) is 10.1. The zero-order valence-corrected chi connectivity index (χ0v) is 18.7. The van der Waals surface area contributed by atoms with Crippen molar-refractivity contribution in [3.8, 4) is 0 Å². The highest BCUT2D eigenvalue weighted by molar-refractivity contribution is 5.94. The van der Waals surface area contributed by atoms with Crippen LogP contribution < -0.4 is 21.9 Å². The number of aryl methyl sites for hydroxylation is 2. The molecule has 0 saturated heterocycles. The summed E-state index contributed by atoms with van der Waals surface area (Å²) in [6, 6.07) is 9.50. The van der Waals surface area contributed by atoms with Gasteiger partial charge in [-0.1, -0.05) is 30.3 Å². The molecule has 0 saturated carbocycles. The zero-order chi connectivity index (χ0) is 23.3. The van der Waals surface area contributed by atoms with E-state index in [0.717, 1.165) is 22.5 Å². The number of H-pyrrole nitrogens is 1. The van der Waals surface area contributed by atoms with Crippen molar-refractivity contribution >= 4 is 17.4 Å². The zero-order valence-electron chi connectivity index (χ0n) is 18.7. The van der Waals surface area contributed by atoms with Gasteiger partial charge in [-0.25, -0.2) is 4.79 Å². The predicted octanol–water partition coefficient (Wildman–Crippen LogP) is 1.33. The first kappa shape index (κ1) is 23.0. The summed E-state index contributed by atoms with van der Waals surface area (Å²) >= 11 is 0. The van der Waals surface area contributed by atoms with Crippen LogP contribution in [0.1, 0.15) is 22.5 Å². The molecule has 3 N–H and O–H groups in total. The summed E-state index contributed by atoms with van der Waals surface area (Å²) in [5.41, 5.74) is 2.26. The fraction of sp³-hybridized carbons (Fsp3) is 0.364. The molecule has 170 valence electrons. The van der Waals surface area contributed by atoms with Gasteiger partial charge in [-0.15, -0.1) is 0 Å². The van der Waals surface area contributed by atoms with Crippen LogP contribution in [0.2, 0.25) is 0 Å². The number of carbonyl (C=O) groups is 1. The van der Waals surface area contributed by atoms with Gasteiger partial charge in [0.1, 0.15) is 11.5 Å². The minimum Gasteiger partial charge on any atom is -0.383 e. The molecule has 2 heterocycles. The van der Waals surface area contributed by atoms with Crippen LogP contribution in [0.25, 0.3) is 0 Å². The third-order valence-corrected chi connectivity index (χ3v) is 5.28. The Morgan fingerprint density at radius 2 is 1.91 bits per heavy atom. The van der Waals surface area contributed by atoms with E-state index in [1.54, 1.807) is 4.68 Å². The molecular weight excluding hydrogens is 412 g/mol. The predicted molar refractivity (Wildman–Crippen MR) is 122 cm³/mol. The maximum absolute atomic E-state index is 12.9. The normalized spacial score (nSPS) is 10.9. The standard InChI is InChI=1S/C22H28N6O4/c1-14-17(15(2)27(3)26-14)12-18(29)24-20-19(23-13-16-8-6-5-7-9-16)21(30)25-22(31)28(20)10-11-32-4/h5-9,23H,10-13H2,1-4H3,(H,24,29)(H,25,30,31). The molecule has 10 nitrogen and oxygen atoms in total. The lowest BCUT2D eigenvalue weighted by molar-refractivity contribution is -0.115. The second-order valence-electron chi connectivity index (χ2n) is 7.46. The molecule has 0 spiro atoms. The van der Waals surface area contributed by atoms with E-state index in [9.17, 15) is 14.4 Å². The molecule has 0 aliphatic rings. The lowest BCUT2D eigenvalue weighted by Gasteiger charge is -2.18. The van der Waals surface area contributed by atoms with Gasteiger partial charge in [-0.2, -0.15) is 5.10 Å². The van der Waals surface area contributed by atoms with E-state index < -0.39 is 11.2 Å². The number of nitrogens with one attached hydrogen (secondary N) is 3. The third kappa shape index (κ3) is 5.14. The SMILES string of the molecule is COCCn1c(NC(=O)Cc2c(C)nn(C)c2C)c(NCc2ccccc2)c(=O)[nH]c1=O. The molecule has 0 aliphatic carbocycles. The number of anilines is 2. The van der Waals surface area contributed by atoms with Crippen molar-refractivity contribution in [2.45, 2.75) is 33.4 Å². The Kier molecular flexibility index (Phi) is 7.26. The summed E-state index contributed by atoms with van der Waals surface area (Å²) in [4.78, 5) is 40.4. The van der Waals surface area contributed by atoms with Gasteiger partial charge < -0.3 is 15.4 Å². The van der Waals surface area contributed by atoms with Gasteiger partial charge in [0.2, 0.25) is 5.91 Å². The van der Waals surface area contributed by atoms with Gasteiger partial charge in [0, 0.05) is 32.0 Å². The molecule has 2 aromatic heterocycles. The van der Waals surface area contributed by atoms with Crippen LogP contribution in [0.5, 0.6) is 0 Å². The fourth-order valence-corrected chi connectivity index (χ4v) is 3.46. The van der Waals surface area contributed by atoms with E-state index in [4.69, 9.17) is 4.74 Å². The topological polar surface area (TPSA) is 123 Å². The number of aromatic amines is 1. The van der Waals surface area contributed by atoms with Gasteiger partial charge in [-0.05, 0) is 19.4 Å². The van der Waals surface area contributed by atoms with Crippen LogP contribution in [-0.2, 0) is 36.1 Å². The Bertz CT molecular complexity index is 1210. The minimum atomic E-state index is -0.624. The molecule has 0 radical (unpaired) electrons. The molecule has 1 amide bonds. The number of ether oxygens (including phenoxy) is 1. The molecule has 0 bridgehead atoms. The molecule has 0 unspecified atom stereocenters.